The number of aliphatic carboxylic acids is 1. The molecule has 0 saturated carbocycles. The normalized spacial score (nSPS) is 11.5. The second kappa shape index (κ2) is 8.33. The molecule has 7 heteroatoms. The number of carbonyl (C=O) groups is 2. The van der Waals surface area contributed by atoms with Gasteiger partial charge in [0, 0.05) is 5.56 Å². The van der Waals surface area contributed by atoms with Gasteiger partial charge < -0.3 is 19.9 Å². The number of hydrogen-bond acceptors (Lipinski definition) is 4. The average molecular weight is 361 g/mol. The van der Waals surface area contributed by atoms with E-state index in [4.69, 9.17) is 14.6 Å². The van der Waals surface area contributed by atoms with E-state index < -0.39 is 23.7 Å². The van der Waals surface area contributed by atoms with Crippen LogP contribution in [0, 0.1) is 12.7 Å². The minimum absolute atomic E-state index is 0.330. The minimum atomic E-state index is -1.08. The Morgan fingerprint density at radius 2 is 1.69 bits per heavy atom. The van der Waals surface area contributed by atoms with Gasteiger partial charge in [-0.05, 0) is 42.3 Å². The van der Waals surface area contributed by atoms with Crippen LogP contribution in [0.25, 0.3) is 0 Å². The quantitative estimate of drug-likeness (QED) is 0.792. The Balaban J connectivity index is 2.32. The van der Waals surface area contributed by atoms with Crippen molar-refractivity contribution >= 4 is 11.9 Å². The molecule has 2 aromatic carbocycles. The third kappa shape index (κ3) is 4.50. The van der Waals surface area contributed by atoms with E-state index in [0.29, 0.717) is 28.2 Å². The van der Waals surface area contributed by atoms with Crippen LogP contribution in [0.1, 0.15) is 33.9 Å². The van der Waals surface area contributed by atoms with Crippen molar-refractivity contribution < 1.29 is 28.6 Å². The Bertz CT molecular complexity index is 804. The number of aryl methyl sites for hydroxylation is 1. The van der Waals surface area contributed by atoms with Gasteiger partial charge in [-0.15, -0.1) is 0 Å². The monoisotopic (exact) mass is 361 g/mol. The molecule has 2 aromatic rings. The average Bonchev–Trinajstić information content (AvgIpc) is 2.60. The molecule has 1 amide bonds. The molecule has 0 heterocycles. The van der Waals surface area contributed by atoms with Crippen molar-refractivity contribution in [1.29, 1.82) is 0 Å². The molecule has 2 N–H and O–H groups in total. The molecule has 0 aliphatic heterocycles. The minimum Gasteiger partial charge on any atom is -0.493 e. The van der Waals surface area contributed by atoms with E-state index in [2.05, 4.69) is 5.32 Å². The number of amides is 1. The van der Waals surface area contributed by atoms with Crippen molar-refractivity contribution in [1.82, 2.24) is 5.32 Å². The number of ether oxygens (including phenoxy) is 2. The van der Waals surface area contributed by atoms with Gasteiger partial charge in [-0.1, -0.05) is 12.1 Å². The van der Waals surface area contributed by atoms with Crippen LogP contribution < -0.4 is 14.8 Å². The number of nitrogens with one attached hydrogen (secondary N) is 1. The number of hydrogen-bond donors (Lipinski definition) is 2. The predicted molar refractivity (Wildman–Crippen MR) is 93.1 cm³/mol. The summed E-state index contributed by atoms with van der Waals surface area (Å²) >= 11 is 0. The molecule has 0 spiro atoms. The Kier molecular flexibility index (Phi) is 6.16. The molecule has 26 heavy (non-hydrogen) atoms. The fraction of sp³-hybridized carbons (Fsp3) is 0.263. The summed E-state index contributed by atoms with van der Waals surface area (Å²) in [5.41, 5.74) is 1.48. The molecule has 0 fully saturated rings. The molecule has 0 bridgehead atoms. The molecular formula is C19H20FNO5. The molecule has 2 rings (SSSR count). The number of methoxy groups -OCH3 is 2. The summed E-state index contributed by atoms with van der Waals surface area (Å²) in [6.07, 6.45) is -0.330. The molecule has 0 aliphatic carbocycles. The number of benzene rings is 2. The fourth-order valence-electron chi connectivity index (χ4n) is 2.58. The van der Waals surface area contributed by atoms with Crippen molar-refractivity contribution in [3.8, 4) is 11.5 Å². The first-order valence-electron chi connectivity index (χ1n) is 7.86. The topological polar surface area (TPSA) is 84.9 Å². The summed E-state index contributed by atoms with van der Waals surface area (Å²) in [6, 6.07) is 7.74. The van der Waals surface area contributed by atoms with Crippen LogP contribution in [0.3, 0.4) is 0 Å². The number of rotatable bonds is 7. The number of halogens is 1. The van der Waals surface area contributed by atoms with E-state index in [0.717, 1.165) is 0 Å². The third-order valence-corrected chi connectivity index (χ3v) is 3.93. The van der Waals surface area contributed by atoms with Gasteiger partial charge in [-0.2, -0.15) is 0 Å². The third-order valence-electron chi connectivity index (χ3n) is 3.93. The lowest BCUT2D eigenvalue weighted by atomic mass is 10.0. The maximum absolute atomic E-state index is 13.1. The van der Waals surface area contributed by atoms with Crippen LogP contribution in [-0.4, -0.2) is 31.2 Å². The molecule has 138 valence electrons. The van der Waals surface area contributed by atoms with Crippen molar-refractivity contribution in [3.05, 3.63) is 58.9 Å². The summed E-state index contributed by atoms with van der Waals surface area (Å²) in [4.78, 5) is 23.8. The van der Waals surface area contributed by atoms with Gasteiger partial charge >= 0.3 is 5.97 Å². The van der Waals surface area contributed by atoms with Gasteiger partial charge in [0.25, 0.3) is 5.91 Å². The highest BCUT2D eigenvalue weighted by Gasteiger charge is 2.21. The number of carboxylic acids is 1. The van der Waals surface area contributed by atoms with Crippen LogP contribution in [0.2, 0.25) is 0 Å². The highest BCUT2D eigenvalue weighted by molar-refractivity contribution is 5.96. The van der Waals surface area contributed by atoms with Gasteiger partial charge in [0.05, 0.1) is 26.7 Å². The van der Waals surface area contributed by atoms with Crippen molar-refractivity contribution in [2.24, 2.45) is 0 Å². The SMILES string of the molecule is COc1cc(C)c(C(=O)NC(CC(=O)O)c2ccc(F)cc2)cc1OC. The first-order chi connectivity index (χ1) is 12.3. The van der Waals surface area contributed by atoms with E-state index in [1.807, 2.05) is 0 Å². The summed E-state index contributed by atoms with van der Waals surface area (Å²) in [6.45, 7) is 1.74. The van der Waals surface area contributed by atoms with Crippen LogP contribution in [0.15, 0.2) is 36.4 Å². The Morgan fingerprint density at radius 1 is 1.12 bits per heavy atom. The summed E-state index contributed by atoms with van der Waals surface area (Å²) in [5, 5.41) is 11.8. The number of carbonyl (C=O) groups excluding carboxylic acids is 1. The zero-order chi connectivity index (χ0) is 19.3. The zero-order valence-corrected chi connectivity index (χ0v) is 14.7. The van der Waals surface area contributed by atoms with E-state index >= 15 is 0 Å². The molecule has 0 aliphatic rings. The Morgan fingerprint density at radius 3 is 2.23 bits per heavy atom. The van der Waals surface area contributed by atoms with Gasteiger partial charge in [0.15, 0.2) is 11.5 Å². The van der Waals surface area contributed by atoms with Gasteiger partial charge in [-0.25, -0.2) is 4.39 Å². The van der Waals surface area contributed by atoms with Crippen LogP contribution in [0.5, 0.6) is 11.5 Å². The van der Waals surface area contributed by atoms with Gasteiger partial charge in [0.1, 0.15) is 5.82 Å². The van der Waals surface area contributed by atoms with Crippen LogP contribution in [-0.2, 0) is 4.79 Å². The van der Waals surface area contributed by atoms with Crippen LogP contribution >= 0.6 is 0 Å². The lowest BCUT2D eigenvalue weighted by Crippen LogP contribution is -2.30. The maximum Gasteiger partial charge on any atom is 0.305 e. The largest absolute Gasteiger partial charge is 0.493 e. The second-order valence-corrected chi connectivity index (χ2v) is 5.70. The highest BCUT2D eigenvalue weighted by atomic mass is 19.1. The molecular weight excluding hydrogens is 341 g/mol. The summed E-state index contributed by atoms with van der Waals surface area (Å²) in [5.74, 6) is -1.10. The van der Waals surface area contributed by atoms with Gasteiger partial charge in [0.2, 0.25) is 0 Å². The zero-order valence-electron chi connectivity index (χ0n) is 14.7. The standard InChI is InChI=1S/C19H20FNO5/c1-11-8-16(25-2)17(26-3)9-14(11)19(24)21-15(10-18(22)23)12-4-6-13(20)7-5-12/h4-9,15H,10H2,1-3H3,(H,21,24)(H,22,23). The van der Waals surface area contributed by atoms with E-state index in [9.17, 15) is 14.0 Å². The number of carboxylic acid groups (broad SMARTS) is 1. The van der Waals surface area contributed by atoms with E-state index in [1.54, 1.807) is 13.0 Å². The predicted octanol–water partition coefficient (Wildman–Crippen LogP) is 3.10. The fourth-order valence-corrected chi connectivity index (χ4v) is 2.58. The second-order valence-electron chi connectivity index (χ2n) is 5.70. The van der Waals surface area contributed by atoms with Crippen molar-refractivity contribution in [3.63, 3.8) is 0 Å². The molecule has 1 atom stereocenters. The maximum atomic E-state index is 13.1. The van der Waals surface area contributed by atoms with Crippen molar-refractivity contribution in [2.75, 3.05) is 14.2 Å². The Hall–Kier alpha value is -3.09. The van der Waals surface area contributed by atoms with E-state index in [-0.39, 0.29) is 6.42 Å². The molecule has 0 radical (unpaired) electrons. The van der Waals surface area contributed by atoms with E-state index in [1.165, 1.54) is 44.6 Å². The smallest absolute Gasteiger partial charge is 0.305 e. The molecule has 0 saturated heterocycles. The molecule has 1 unspecified atom stereocenters. The Labute approximate surface area is 150 Å². The lowest BCUT2D eigenvalue weighted by Gasteiger charge is -2.19. The van der Waals surface area contributed by atoms with Gasteiger partial charge in [-0.3, -0.25) is 9.59 Å². The summed E-state index contributed by atoms with van der Waals surface area (Å²) in [7, 11) is 2.95. The van der Waals surface area contributed by atoms with Crippen LogP contribution in [0.4, 0.5) is 4.39 Å². The summed E-state index contributed by atoms with van der Waals surface area (Å²) < 4.78 is 23.5. The first kappa shape index (κ1) is 19.2. The lowest BCUT2D eigenvalue weighted by molar-refractivity contribution is -0.137. The molecule has 6 nitrogen and oxygen atoms in total. The molecule has 0 aromatic heterocycles. The van der Waals surface area contributed by atoms with Crippen molar-refractivity contribution in [2.45, 2.75) is 19.4 Å². The first-order valence-corrected chi connectivity index (χ1v) is 7.86. The highest BCUT2D eigenvalue weighted by Crippen LogP contribution is 2.30.